The van der Waals surface area contributed by atoms with Gasteiger partial charge in [-0.25, -0.2) is 0 Å². The summed E-state index contributed by atoms with van der Waals surface area (Å²) in [5.41, 5.74) is 11.0. The van der Waals surface area contributed by atoms with Crippen LogP contribution in [0.2, 0.25) is 0 Å². The SMILES string of the molecule is N[C@H](COCc1ccc2ccc(COCCc3ccccc3)cc2c1)c1ccccc1. The van der Waals surface area contributed by atoms with Crippen molar-refractivity contribution in [2.75, 3.05) is 13.2 Å². The van der Waals surface area contributed by atoms with Crippen molar-refractivity contribution >= 4 is 10.8 Å². The van der Waals surface area contributed by atoms with E-state index in [-0.39, 0.29) is 6.04 Å². The maximum Gasteiger partial charge on any atom is 0.0718 e. The van der Waals surface area contributed by atoms with Crippen molar-refractivity contribution in [2.24, 2.45) is 5.73 Å². The third-order valence-electron chi connectivity index (χ3n) is 5.41. The molecule has 3 heteroatoms. The smallest absolute Gasteiger partial charge is 0.0718 e. The predicted molar refractivity (Wildman–Crippen MR) is 127 cm³/mol. The Morgan fingerprint density at radius 2 is 1.23 bits per heavy atom. The molecule has 0 aliphatic heterocycles. The Morgan fingerprint density at radius 1 is 0.613 bits per heavy atom. The van der Waals surface area contributed by atoms with Gasteiger partial charge in [0.05, 0.1) is 32.5 Å². The van der Waals surface area contributed by atoms with Gasteiger partial charge in [0.15, 0.2) is 0 Å². The molecule has 4 aromatic carbocycles. The first-order chi connectivity index (χ1) is 15.3. The topological polar surface area (TPSA) is 44.5 Å². The molecule has 0 aromatic heterocycles. The highest BCUT2D eigenvalue weighted by atomic mass is 16.5. The average Bonchev–Trinajstić information content (AvgIpc) is 2.83. The van der Waals surface area contributed by atoms with Gasteiger partial charge in [-0.2, -0.15) is 0 Å². The molecule has 0 bridgehead atoms. The van der Waals surface area contributed by atoms with Gasteiger partial charge < -0.3 is 15.2 Å². The van der Waals surface area contributed by atoms with E-state index in [9.17, 15) is 0 Å². The highest BCUT2D eigenvalue weighted by molar-refractivity contribution is 5.83. The highest BCUT2D eigenvalue weighted by Crippen LogP contribution is 2.20. The second kappa shape index (κ2) is 10.9. The summed E-state index contributed by atoms with van der Waals surface area (Å²) in [5, 5.41) is 2.43. The van der Waals surface area contributed by atoms with E-state index in [0.29, 0.717) is 19.8 Å². The van der Waals surface area contributed by atoms with E-state index in [1.165, 1.54) is 21.9 Å². The van der Waals surface area contributed by atoms with Crippen LogP contribution in [0.3, 0.4) is 0 Å². The molecule has 0 aliphatic rings. The largest absolute Gasteiger partial charge is 0.376 e. The van der Waals surface area contributed by atoms with Gasteiger partial charge >= 0.3 is 0 Å². The molecule has 3 nitrogen and oxygen atoms in total. The molecule has 0 saturated heterocycles. The van der Waals surface area contributed by atoms with Gasteiger partial charge in [-0.1, -0.05) is 84.9 Å². The van der Waals surface area contributed by atoms with Gasteiger partial charge in [0.1, 0.15) is 0 Å². The van der Waals surface area contributed by atoms with Gasteiger partial charge in [-0.3, -0.25) is 0 Å². The summed E-state index contributed by atoms with van der Waals surface area (Å²) in [5.74, 6) is 0. The Kier molecular flexibility index (Phi) is 7.46. The molecule has 31 heavy (non-hydrogen) atoms. The normalized spacial score (nSPS) is 12.2. The number of hydrogen-bond donors (Lipinski definition) is 1. The summed E-state index contributed by atoms with van der Waals surface area (Å²) in [6.45, 7) is 2.39. The molecule has 158 valence electrons. The maximum atomic E-state index is 6.23. The molecule has 0 amide bonds. The van der Waals surface area contributed by atoms with Crippen LogP contribution in [0.15, 0.2) is 97.1 Å². The van der Waals surface area contributed by atoms with E-state index in [0.717, 1.165) is 24.2 Å². The van der Waals surface area contributed by atoms with Crippen LogP contribution in [-0.2, 0) is 29.1 Å². The van der Waals surface area contributed by atoms with E-state index in [2.05, 4.69) is 60.7 Å². The molecule has 0 heterocycles. The molecule has 4 rings (SSSR count). The van der Waals surface area contributed by atoms with Gasteiger partial charge in [-0.05, 0) is 51.6 Å². The van der Waals surface area contributed by atoms with Crippen LogP contribution in [0.5, 0.6) is 0 Å². The van der Waals surface area contributed by atoms with Crippen molar-refractivity contribution in [1.29, 1.82) is 0 Å². The minimum Gasteiger partial charge on any atom is -0.376 e. The second-order valence-electron chi connectivity index (χ2n) is 7.84. The van der Waals surface area contributed by atoms with Crippen molar-refractivity contribution in [2.45, 2.75) is 25.7 Å². The number of ether oxygens (including phenoxy) is 2. The molecule has 0 radical (unpaired) electrons. The van der Waals surface area contributed by atoms with Gasteiger partial charge in [0, 0.05) is 0 Å². The third-order valence-corrected chi connectivity index (χ3v) is 5.41. The summed E-state index contributed by atoms with van der Waals surface area (Å²) in [6.07, 6.45) is 0.932. The lowest BCUT2D eigenvalue weighted by molar-refractivity contribution is 0.108. The van der Waals surface area contributed by atoms with Crippen LogP contribution >= 0.6 is 0 Å². The first-order valence-electron chi connectivity index (χ1n) is 10.8. The lowest BCUT2D eigenvalue weighted by Gasteiger charge is -2.13. The Hall–Kier alpha value is -2.98. The van der Waals surface area contributed by atoms with Crippen LogP contribution in [0.1, 0.15) is 28.3 Å². The first-order valence-corrected chi connectivity index (χ1v) is 10.8. The van der Waals surface area contributed by atoms with E-state index < -0.39 is 0 Å². The Labute approximate surface area is 184 Å². The van der Waals surface area contributed by atoms with Crippen LogP contribution < -0.4 is 5.73 Å². The first kappa shape index (κ1) is 21.3. The van der Waals surface area contributed by atoms with Crippen molar-refractivity contribution < 1.29 is 9.47 Å². The lowest BCUT2D eigenvalue weighted by atomic mass is 10.0. The molecule has 0 aliphatic carbocycles. The molecule has 0 fully saturated rings. The van der Waals surface area contributed by atoms with Crippen molar-refractivity contribution in [1.82, 2.24) is 0 Å². The standard InChI is InChI=1S/C28H29NO2/c29-28(26-9-5-2-6-10-26)21-31-20-24-12-14-25-13-11-23(17-27(25)18-24)19-30-16-15-22-7-3-1-4-8-22/h1-14,17-18,28H,15-16,19-21,29H2/t28-/m1/s1. The fourth-order valence-corrected chi connectivity index (χ4v) is 3.65. The van der Waals surface area contributed by atoms with Crippen LogP contribution in [0.25, 0.3) is 10.8 Å². The molecule has 1 atom stereocenters. The molecular formula is C28H29NO2. The van der Waals surface area contributed by atoms with E-state index in [4.69, 9.17) is 15.2 Å². The maximum absolute atomic E-state index is 6.23. The fourth-order valence-electron chi connectivity index (χ4n) is 3.65. The average molecular weight is 412 g/mol. The third kappa shape index (κ3) is 6.25. The minimum absolute atomic E-state index is 0.110. The number of hydrogen-bond acceptors (Lipinski definition) is 3. The summed E-state index contributed by atoms with van der Waals surface area (Å²) < 4.78 is 11.8. The Bertz CT molecular complexity index is 1080. The van der Waals surface area contributed by atoms with Crippen LogP contribution in [0, 0.1) is 0 Å². The zero-order valence-electron chi connectivity index (χ0n) is 17.7. The predicted octanol–water partition coefficient (Wildman–Crippen LogP) is 5.82. The molecule has 0 unspecified atom stereocenters. The number of nitrogens with two attached hydrogens (primary N) is 1. The van der Waals surface area contributed by atoms with Gasteiger partial charge in [-0.15, -0.1) is 0 Å². The highest BCUT2D eigenvalue weighted by Gasteiger charge is 2.06. The number of rotatable bonds is 10. The fraction of sp³-hybridized carbons (Fsp3) is 0.214. The lowest BCUT2D eigenvalue weighted by Crippen LogP contribution is -2.16. The summed E-state index contributed by atoms with van der Waals surface area (Å²) in [6, 6.07) is 33.3. The molecule has 0 saturated carbocycles. The zero-order chi connectivity index (χ0) is 21.3. The van der Waals surface area contributed by atoms with Crippen molar-refractivity contribution in [3.8, 4) is 0 Å². The summed E-state index contributed by atoms with van der Waals surface area (Å²) in [4.78, 5) is 0. The zero-order valence-corrected chi connectivity index (χ0v) is 17.7. The van der Waals surface area contributed by atoms with Crippen LogP contribution in [-0.4, -0.2) is 13.2 Å². The monoisotopic (exact) mass is 411 g/mol. The van der Waals surface area contributed by atoms with E-state index >= 15 is 0 Å². The summed E-state index contributed by atoms with van der Waals surface area (Å²) >= 11 is 0. The quantitative estimate of drug-likeness (QED) is 0.335. The van der Waals surface area contributed by atoms with Gasteiger partial charge in [0.2, 0.25) is 0 Å². The molecular weight excluding hydrogens is 382 g/mol. The minimum atomic E-state index is -0.110. The van der Waals surface area contributed by atoms with Crippen molar-refractivity contribution in [3.63, 3.8) is 0 Å². The number of fused-ring (bicyclic) bond motifs is 1. The molecule has 4 aromatic rings. The summed E-state index contributed by atoms with van der Waals surface area (Å²) in [7, 11) is 0. The Balaban J connectivity index is 1.29. The Morgan fingerprint density at radius 3 is 1.90 bits per heavy atom. The van der Waals surface area contributed by atoms with E-state index in [1.54, 1.807) is 0 Å². The van der Waals surface area contributed by atoms with Gasteiger partial charge in [0.25, 0.3) is 0 Å². The second-order valence-corrected chi connectivity index (χ2v) is 7.84. The van der Waals surface area contributed by atoms with E-state index in [1.807, 2.05) is 36.4 Å². The molecule has 0 spiro atoms. The van der Waals surface area contributed by atoms with Crippen LogP contribution in [0.4, 0.5) is 0 Å². The van der Waals surface area contributed by atoms with Crippen molar-refractivity contribution in [3.05, 3.63) is 119 Å². The molecule has 2 N–H and O–H groups in total. The number of benzene rings is 4.